The number of hydrogen-bond acceptors (Lipinski definition) is 5. The maximum atomic E-state index is 6.42. The quantitative estimate of drug-likeness (QED) is 0.626. The topological polar surface area (TPSA) is 41.3 Å². The Bertz CT molecular complexity index is 810. The molecule has 0 bridgehead atoms. The zero-order chi connectivity index (χ0) is 16.4. The van der Waals surface area contributed by atoms with Gasteiger partial charge in [-0.05, 0) is 17.7 Å². The lowest BCUT2D eigenvalue weighted by molar-refractivity contribution is 0.152. The van der Waals surface area contributed by atoms with Crippen LogP contribution in [0.3, 0.4) is 0 Å². The molecular weight excluding hydrogens is 413 g/mol. The van der Waals surface area contributed by atoms with Crippen LogP contribution in [0.2, 0.25) is 5.02 Å². The predicted molar refractivity (Wildman–Crippen MR) is 112 cm³/mol. The first-order valence-corrected chi connectivity index (χ1v) is 9.23. The number of aromatic nitrogens is 1. The van der Waals surface area contributed by atoms with Gasteiger partial charge in [-0.15, -0.1) is 36.2 Å². The average Bonchev–Trinajstić information content (AvgIpc) is 3.27. The van der Waals surface area contributed by atoms with Crippen molar-refractivity contribution >= 4 is 47.8 Å². The number of piperazine rings is 1. The van der Waals surface area contributed by atoms with E-state index in [0.717, 1.165) is 47.5 Å². The van der Waals surface area contributed by atoms with Crippen molar-refractivity contribution in [2.45, 2.75) is 12.6 Å². The summed E-state index contributed by atoms with van der Waals surface area (Å²) in [5.74, 6) is 0. The second kappa shape index (κ2) is 9.74. The van der Waals surface area contributed by atoms with Gasteiger partial charge in [0.2, 0.25) is 0 Å². The van der Waals surface area contributed by atoms with Gasteiger partial charge >= 0.3 is 0 Å². The van der Waals surface area contributed by atoms with Crippen LogP contribution in [-0.2, 0) is 6.54 Å². The third-order valence-corrected chi connectivity index (χ3v) is 5.59. The fourth-order valence-corrected chi connectivity index (χ4v) is 4.15. The van der Waals surface area contributed by atoms with Gasteiger partial charge in [0.05, 0.1) is 12.0 Å². The first-order chi connectivity index (χ1) is 11.8. The molecule has 1 aromatic carbocycles. The minimum Gasteiger partial charge on any atom is -0.472 e. The van der Waals surface area contributed by atoms with E-state index in [1.165, 1.54) is 5.56 Å². The van der Waals surface area contributed by atoms with Gasteiger partial charge in [-0.1, -0.05) is 29.8 Å². The van der Waals surface area contributed by atoms with E-state index < -0.39 is 0 Å². The lowest BCUT2D eigenvalue weighted by Gasteiger charge is -2.36. The van der Waals surface area contributed by atoms with Crippen LogP contribution in [0.5, 0.6) is 0 Å². The summed E-state index contributed by atoms with van der Waals surface area (Å²) >= 11 is 8.08. The molecule has 1 saturated heterocycles. The van der Waals surface area contributed by atoms with E-state index in [9.17, 15) is 0 Å². The second-order valence-electron chi connectivity index (χ2n) is 5.87. The van der Waals surface area contributed by atoms with Crippen molar-refractivity contribution in [3.63, 3.8) is 0 Å². The molecule has 1 unspecified atom stereocenters. The number of hydrogen-bond donors (Lipinski definition) is 1. The highest BCUT2D eigenvalue weighted by molar-refractivity contribution is 7.13. The molecule has 0 amide bonds. The van der Waals surface area contributed by atoms with E-state index in [-0.39, 0.29) is 30.9 Å². The van der Waals surface area contributed by atoms with E-state index in [1.54, 1.807) is 23.9 Å². The van der Waals surface area contributed by atoms with Crippen LogP contribution in [0.4, 0.5) is 0 Å². The summed E-state index contributed by atoms with van der Waals surface area (Å²) in [5, 5.41) is 7.44. The van der Waals surface area contributed by atoms with E-state index in [4.69, 9.17) is 21.0 Å². The molecule has 4 rings (SSSR count). The van der Waals surface area contributed by atoms with Crippen molar-refractivity contribution < 1.29 is 4.42 Å². The summed E-state index contributed by atoms with van der Waals surface area (Å²) in [6, 6.07) is 10.3. The smallest absolute Gasteiger partial charge is 0.126 e. The van der Waals surface area contributed by atoms with Crippen molar-refractivity contribution in [2.75, 3.05) is 19.6 Å². The Balaban J connectivity index is 0.00000121. The largest absolute Gasteiger partial charge is 0.472 e. The molecule has 1 aliphatic heterocycles. The van der Waals surface area contributed by atoms with E-state index >= 15 is 0 Å². The standard InChI is InChI=1S/C18H18ClN3OS.2ClH/c19-16-4-2-1-3-15(16)17-9-20-6-7-22(17)10-14-12-24-18(21-14)13-5-8-23-11-13;;/h1-5,8,11-12,17,20H,6-7,9-10H2;2*1H. The van der Waals surface area contributed by atoms with Crippen molar-refractivity contribution in [3.8, 4) is 10.6 Å². The number of benzene rings is 1. The van der Waals surface area contributed by atoms with Crippen molar-refractivity contribution in [1.29, 1.82) is 0 Å². The summed E-state index contributed by atoms with van der Waals surface area (Å²) < 4.78 is 5.15. The van der Waals surface area contributed by atoms with Gasteiger partial charge in [0.25, 0.3) is 0 Å². The van der Waals surface area contributed by atoms with Crippen LogP contribution < -0.4 is 5.32 Å². The minimum atomic E-state index is 0. The molecule has 8 heteroatoms. The van der Waals surface area contributed by atoms with Crippen molar-refractivity contribution in [2.24, 2.45) is 0 Å². The number of nitrogens with one attached hydrogen (secondary N) is 1. The van der Waals surface area contributed by atoms with Crippen LogP contribution >= 0.6 is 47.8 Å². The minimum absolute atomic E-state index is 0. The van der Waals surface area contributed by atoms with Gasteiger partial charge in [0, 0.05) is 48.2 Å². The summed E-state index contributed by atoms with van der Waals surface area (Å²) in [7, 11) is 0. The number of nitrogens with zero attached hydrogens (tertiary/aromatic N) is 2. The Morgan fingerprint density at radius 2 is 2.12 bits per heavy atom. The van der Waals surface area contributed by atoms with Gasteiger partial charge in [0.1, 0.15) is 11.3 Å². The predicted octanol–water partition coefficient (Wildman–Crippen LogP) is 5.05. The number of furan rings is 1. The first-order valence-electron chi connectivity index (χ1n) is 7.97. The molecular formula is C18H20Cl3N3OS. The molecule has 0 spiro atoms. The van der Waals surface area contributed by atoms with Crippen LogP contribution in [0.1, 0.15) is 17.3 Å². The Labute approximate surface area is 174 Å². The zero-order valence-corrected chi connectivity index (χ0v) is 17.1. The molecule has 1 aliphatic rings. The normalized spacial score (nSPS) is 17.3. The second-order valence-corrected chi connectivity index (χ2v) is 7.13. The van der Waals surface area contributed by atoms with Gasteiger partial charge in [-0.25, -0.2) is 4.98 Å². The molecule has 1 N–H and O–H groups in total. The Morgan fingerprint density at radius 3 is 2.88 bits per heavy atom. The fraction of sp³-hybridized carbons (Fsp3) is 0.278. The fourth-order valence-electron chi connectivity index (χ4n) is 3.09. The maximum absolute atomic E-state index is 6.42. The third-order valence-electron chi connectivity index (χ3n) is 4.30. The highest BCUT2D eigenvalue weighted by Gasteiger charge is 2.26. The number of halogens is 3. The molecule has 2 aromatic heterocycles. The van der Waals surface area contributed by atoms with Crippen LogP contribution in [0.15, 0.2) is 52.7 Å². The molecule has 0 saturated carbocycles. The average molecular weight is 433 g/mol. The SMILES string of the molecule is Cl.Cl.Clc1ccccc1C1CNCCN1Cc1csc(-c2ccoc2)n1. The molecule has 0 radical (unpaired) electrons. The molecule has 3 heterocycles. The monoisotopic (exact) mass is 431 g/mol. The Kier molecular flexibility index (Phi) is 7.95. The summed E-state index contributed by atoms with van der Waals surface area (Å²) in [6.45, 7) is 3.70. The Hall–Kier alpha value is -1.08. The van der Waals surface area contributed by atoms with Gasteiger partial charge in [-0.3, -0.25) is 4.90 Å². The van der Waals surface area contributed by atoms with E-state index in [1.807, 2.05) is 24.3 Å². The van der Waals surface area contributed by atoms with Crippen LogP contribution in [0, 0.1) is 0 Å². The van der Waals surface area contributed by atoms with Gasteiger partial charge in [-0.2, -0.15) is 0 Å². The van der Waals surface area contributed by atoms with E-state index in [0.29, 0.717) is 0 Å². The highest BCUT2D eigenvalue weighted by Crippen LogP contribution is 2.31. The lowest BCUT2D eigenvalue weighted by Crippen LogP contribution is -2.45. The van der Waals surface area contributed by atoms with Crippen molar-refractivity contribution in [1.82, 2.24) is 15.2 Å². The summed E-state index contributed by atoms with van der Waals surface area (Å²) in [5.41, 5.74) is 3.31. The molecule has 26 heavy (non-hydrogen) atoms. The van der Waals surface area contributed by atoms with Crippen LogP contribution in [0.25, 0.3) is 10.6 Å². The lowest BCUT2D eigenvalue weighted by atomic mass is 10.0. The highest BCUT2D eigenvalue weighted by atomic mass is 35.5. The molecule has 4 nitrogen and oxygen atoms in total. The maximum Gasteiger partial charge on any atom is 0.126 e. The number of thiazole rings is 1. The van der Waals surface area contributed by atoms with Gasteiger partial charge < -0.3 is 9.73 Å². The van der Waals surface area contributed by atoms with E-state index in [2.05, 4.69) is 21.7 Å². The zero-order valence-electron chi connectivity index (χ0n) is 13.9. The molecule has 0 aliphatic carbocycles. The summed E-state index contributed by atoms with van der Waals surface area (Å²) in [6.07, 6.45) is 3.42. The Morgan fingerprint density at radius 1 is 1.27 bits per heavy atom. The first kappa shape index (κ1) is 21.2. The number of rotatable bonds is 4. The van der Waals surface area contributed by atoms with Crippen LogP contribution in [-0.4, -0.2) is 29.5 Å². The molecule has 1 fully saturated rings. The summed E-state index contributed by atoms with van der Waals surface area (Å²) in [4.78, 5) is 7.21. The van der Waals surface area contributed by atoms with Gasteiger partial charge in [0.15, 0.2) is 0 Å². The molecule has 1 atom stereocenters. The molecule has 140 valence electrons. The third kappa shape index (κ3) is 4.60. The molecule has 3 aromatic rings. The van der Waals surface area contributed by atoms with Crippen molar-refractivity contribution in [3.05, 3.63) is 64.5 Å².